The van der Waals surface area contributed by atoms with Gasteiger partial charge in [-0.1, -0.05) is 42.5 Å². The number of carbonyl (C=O) groups excluding carboxylic acids is 2. The average Bonchev–Trinajstić information content (AvgIpc) is 3.63. The summed E-state index contributed by atoms with van der Waals surface area (Å²) in [6.45, 7) is 7.75. The van der Waals surface area contributed by atoms with Gasteiger partial charge in [0.15, 0.2) is 0 Å². The number of halogens is 1. The lowest BCUT2D eigenvalue weighted by Crippen LogP contribution is -2.49. The quantitative estimate of drug-likeness (QED) is 0.113. The highest BCUT2D eigenvalue weighted by atomic mass is 79.9. The Hall–Kier alpha value is -3.31. The first-order chi connectivity index (χ1) is 21.4. The minimum absolute atomic E-state index is 0.0892. The Balaban J connectivity index is 1.28. The second-order valence-electron chi connectivity index (χ2n) is 10.4. The Kier molecular flexibility index (Phi) is 9.61. The summed E-state index contributed by atoms with van der Waals surface area (Å²) in [7, 11) is 0. The second kappa shape index (κ2) is 13.8. The first-order valence-corrected chi connectivity index (χ1v) is 17.7. The number of thiophene rings is 2. The largest absolute Gasteiger partial charge is 0.462 e. The van der Waals surface area contributed by atoms with E-state index >= 15 is 0 Å². The van der Waals surface area contributed by atoms with Crippen LogP contribution in [0.25, 0.3) is 10.1 Å². The third kappa shape index (κ3) is 6.54. The van der Waals surface area contributed by atoms with Crippen LogP contribution in [0.4, 0.5) is 11.4 Å². The maximum absolute atomic E-state index is 13.1. The number of rotatable bonds is 9. The predicted octanol–water partition coefficient (Wildman–Crippen LogP) is 8.89. The standard InChI is InChI=1S/C34H32BrN3O3S3/c1-3-41-34(40)31-23(2)26-21-25(13-14-30(26)43-31)44-38(22-24-9-5-4-6-10-24)29-12-8-7-11-28(29)36-16-18-37(19-17-36)33(39)32-27(35)15-20-42-32/h4-15,20-21H,3,16-19,22H2,1-2H3. The van der Waals surface area contributed by atoms with Crippen molar-refractivity contribution in [2.75, 3.05) is 42.0 Å². The van der Waals surface area contributed by atoms with E-state index in [1.54, 1.807) is 11.9 Å². The fourth-order valence-electron chi connectivity index (χ4n) is 5.37. The summed E-state index contributed by atoms with van der Waals surface area (Å²) in [6, 6.07) is 27.4. The SMILES string of the molecule is CCOC(=O)c1sc2ccc(SN(Cc3ccccc3)c3ccccc3N3CCN(C(=O)c4sccc4Br)CC3)cc2c1C. The molecule has 3 heterocycles. The lowest BCUT2D eigenvalue weighted by atomic mass is 10.1. The van der Waals surface area contributed by atoms with Gasteiger partial charge >= 0.3 is 5.97 Å². The van der Waals surface area contributed by atoms with Gasteiger partial charge < -0.3 is 18.8 Å². The molecule has 0 N–H and O–H groups in total. The molecule has 44 heavy (non-hydrogen) atoms. The second-order valence-corrected chi connectivity index (χ2v) is 14.3. The zero-order valence-electron chi connectivity index (χ0n) is 24.5. The maximum Gasteiger partial charge on any atom is 0.348 e. The number of amides is 1. The van der Waals surface area contributed by atoms with Crippen molar-refractivity contribution in [3.05, 3.63) is 110 Å². The maximum atomic E-state index is 13.1. The molecule has 0 atom stereocenters. The highest BCUT2D eigenvalue weighted by Crippen LogP contribution is 2.40. The minimum atomic E-state index is -0.259. The van der Waals surface area contributed by atoms with Crippen molar-refractivity contribution in [1.82, 2.24) is 4.90 Å². The number of nitrogens with zero attached hydrogens (tertiary/aromatic N) is 3. The van der Waals surface area contributed by atoms with E-state index in [2.05, 4.69) is 91.9 Å². The Morgan fingerprint density at radius 2 is 1.70 bits per heavy atom. The van der Waals surface area contributed by atoms with Gasteiger partial charge in [0.05, 0.1) is 24.5 Å². The molecule has 6 nitrogen and oxygen atoms in total. The van der Waals surface area contributed by atoms with E-state index in [9.17, 15) is 9.59 Å². The van der Waals surface area contributed by atoms with Gasteiger partial charge in [-0.3, -0.25) is 4.79 Å². The summed E-state index contributed by atoms with van der Waals surface area (Å²) in [5.74, 6) is -0.170. The number of para-hydroxylation sites is 2. The summed E-state index contributed by atoms with van der Waals surface area (Å²) in [4.78, 5) is 32.6. The molecule has 0 unspecified atom stereocenters. The van der Waals surface area contributed by atoms with Gasteiger partial charge in [0, 0.05) is 40.2 Å². The van der Waals surface area contributed by atoms with E-state index in [0.717, 1.165) is 54.4 Å². The number of carbonyl (C=O) groups is 2. The fourth-order valence-corrected chi connectivity index (χ4v) is 8.99. The van der Waals surface area contributed by atoms with Gasteiger partial charge in [0.1, 0.15) is 9.75 Å². The molecular formula is C34H32BrN3O3S3. The molecule has 1 amide bonds. The zero-order valence-corrected chi connectivity index (χ0v) is 28.5. The molecule has 3 aromatic carbocycles. The lowest BCUT2D eigenvalue weighted by molar-refractivity contribution is 0.0531. The summed E-state index contributed by atoms with van der Waals surface area (Å²) in [5, 5.41) is 3.02. The van der Waals surface area contributed by atoms with Crippen LogP contribution in [0.3, 0.4) is 0 Å². The number of piperazine rings is 1. The molecule has 10 heteroatoms. The molecule has 1 saturated heterocycles. The number of anilines is 2. The van der Waals surface area contributed by atoms with Crippen molar-refractivity contribution in [3.8, 4) is 0 Å². The van der Waals surface area contributed by atoms with Crippen LogP contribution in [0.15, 0.2) is 93.6 Å². The first-order valence-electron chi connectivity index (χ1n) is 14.5. The Morgan fingerprint density at radius 1 is 0.955 bits per heavy atom. The predicted molar refractivity (Wildman–Crippen MR) is 188 cm³/mol. The van der Waals surface area contributed by atoms with Crippen LogP contribution in [-0.2, 0) is 11.3 Å². The van der Waals surface area contributed by atoms with Crippen LogP contribution >= 0.6 is 50.6 Å². The van der Waals surface area contributed by atoms with E-state index in [1.165, 1.54) is 28.2 Å². The number of hydrogen-bond donors (Lipinski definition) is 0. The van der Waals surface area contributed by atoms with E-state index < -0.39 is 0 Å². The number of fused-ring (bicyclic) bond motifs is 1. The normalized spacial score (nSPS) is 13.3. The van der Waals surface area contributed by atoms with Gasteiger partial charge in [-0.05, 0) is 100 Å². The highest BCUT2D eigenvalue weighted by Gasteiger charge is 2.27. The molecule has 5 aromatic rings. The number of esters is 1. The molecule has 1 fully saturated rings. The van der Waals surface area contributed by atoms with Crippen molar-refractivity contribution in [2.24, 2.45) is 0 Å². The Labute approximate surface area is 278 Å². The third-order valence-corrected chi connectivity index (χ3v) is 11.7. The molecule has 226 valence electrons. The topological polar surface area (TPSA) is 53.1 Å². The molecule has 0 aliphatic carbocycles. The van der Waals surface area contributed by atoms with Gasteiger partial charge in [0.2, 0.25) is 0 Å². The fraction of sp³-hybridized carbons (Fsp3) is 0.235. The van der Waals surface area contributed by atoms with Crippen molar-refractivity contribution in [3.63, 3.8) is 0 Å². The summed E-state index contributed by atoms with van der Waals surface area (Å²) >= 11 is 8.18. The number of hydrogen-bond acceptors (Lipinski definition) is 8. The van der Waals surface area contributed by atoms with Crippen molar-refractivity contribution in [2.45, 2.75) is 25.3 Å². The minimum Gasteiger partial charge on any atom is -0.462 e. The van der Waals surface area contributed by atoms with E-state index in [-0.39, 0.29) is 11.9 Å². The van der Waals surface area contributed by atoms with Crippen molar-refractivity contribution >= 4 is 83.9 Å². The molecule has 0 bridgehead atoms. The summed E-state index contributed by atoms with van der Waals surface area (Å²) in [5.41, 5.74) is 4.45. The monoisotopic (exact) mass is 705 g/mol. The third-order valence-electron chi connectivity index (χ3n) is 7.62. The molecular weight excluding hydrogens is 674 g/mol. The number of ether oxygens (including phenoxy) is 1. The molecule has 0 radical (unpaired) electrons. The van der Waals surface area contributed by atoms with Crippen LogP contribution in [-0.4, -0.2) is 49.6 Å². The summed E-state index contributed by atoms with van der Waals surface area (Å²) in [6.07, 6.45) is 0. The number of aryl methyl sites for hydroxylation is 1. The molecule has 2 aromatic heterocycles. The van der Waals surface area contributed by atoms with Gasteiger partial charge in [-0.25, -0.2) is 4.79 Å². The molecule has 0 spiro atoms. The molecule has 1 aliphatic heterocycles. The van der Waals surface area contributed by atoms with Crippen LogP contribution in [0.5, 0.6) is 0 Å². The average molecular weight is 707 g/mol. The van der Waals surface area contributed by atoms with Crippen LogP contribution < -0.4 is 9.21 Å². The van der Waals surface area contributed by atoms with Gasteiger partial charge in [-0.2, -0.15) is 0 Å². The van der Waals surface area contributed by atoms with Crippen molar-refractivity contribution in [1.29, 1.82) is 0 Å². The van der Waals surface area contributed by atoms with Crippen molar-refractivity contribution < 1.29 is 14.3 Å². The Morgan fingerprint density at radius 3 is 2.43 bits per heavy atom. The van der Waals surface area contributed by atoms with Crippen LogP contribution in [0, 0.1) is 6.92 Å². The zero-order chi connectivity index (χ0) is 30.6. The highest BCUT2D eigenvalue weighted by molar-refractivity contribution is 9.10. The molecule has 1 aliphatic rings. The first kappa shape index (κ1) is 30.7. The van der Waals surface area contributed by atoms with Gasteiger partial charge in [0.25, 0.3) is 5.91 Å². The van der Waals surface area contributed by atoms with E-state index in [4.69, 9.17) is 4.74 Å². The van der Waals surface area contributed by atoms with E-state index in [1.807, 2.05) is 36.3 Å². The molecule has 6 rings (SSSR count). The Bertz CT molecular complexity index is 1780. The number of benzene rings is 3. The smallest absolute Gasteiger partial charge is 0.348 e. The van der Waals surface area contributed by atoms with Crippen LogP contribution in [0.2, 0.25) is 0 Å². The van der Waals surface area contributed by atoms with Crippen LogP contribution in [0.1, 0.15) is 37.4 Å². The lowest BCUT2D eigenvalue weighted by Gasteiger charge is -2.38. The van der Waals surface area contributed by atoms with Gasteiger partial charge in [-0.15, -0.1) is 22.7 Å². The van der Waals surface area contributed by atoms with E-state index in [0.29, 0.717) is 31.1 Å². The summed E-state index contributed by atoms with van der Waals surface area (Å²) < 4.78 is 9.59. The molecule has 0 saturated carbocycles.